The average Bonchev–Trinajstić information content (AvgIpc) is 2.76. The molecule has 3 nitrogen and oxygen atoms in total. The third kappa shape index (κ3) is 2.74. The lowest BCUT2D eigenvalue weighted by atomic mass is 9.72. The lowest BCUT2D eigenvalue weighted by molar-refractivity contribution is 0.0178. The molecule has 3 aliphatic rings. The van der Waals surface area contributed by atoms with E-state index in [1.807, 2.05) is 0 Å². The first-order valence-electron chi connectivity index (χ1n) is 7.83. The van der Waals surface area contributed by atoms with Gasteiger partial charge in [0.15, 0.2) is 0 Å². The van der Waals surface area contributed by atoms with E-state index in [1.54, 1.807) is 11.1 Å². The van der Waals surface area contributed by atoms with E-state index in [0.717, 1.165) is 32.8 Å². The number of hydrogen-bond donors (Lipinski definition) is 1. The summed E-state index contributed by atoms with van der Waals surface area (Å²) in [6.07, 6.45) is 4.42. The van der Waals surface area contributed by atoms with Crippen LogP contribution in [0.3, 0.4) is 0 Å². The average molecular weight is 264 g/mol. The maximum atomic E-state index is 5.88. The molecule has 2 fully saturated rings. The quantitative estimate of drug-likeness (QED) is 0.774. The SMILES string of the molecule is CC1=C(CN2C[C@@H]3NCCO[C@H]3C2)C(C)(C)CCC1. The van der Waals surface area contributed by atoms with Gasteiger partial charge in [-0.1, -0.05) is 25.0 Å². The molecule has 0 saturated carbocycles. The van der Waals surface area contributed by atoms with E-state index in [4.69, 9.17) is 4.74 Å². The van der Waals surface area contributed by atoms with Gasteiger partial charge in [0.2, 0.25) is 0 Å². The van der Waals surface area contributed by atoms with Crippen LogP contribution in [0.15, 0.2) is 11.1 Å². The Morgan fingerprint density at radius 3 is 2.95 bits per heavy atom. The summed E-state index contributed by atoms with van der Waals surface area (Å²) in [5.41, 5.74) is 3.72. The van der Waals surface area contributed by atoms with Gasteiger partial charge in [-0.05, 0) is 31.6 Å². The predicted molar refractivity (Wildman–Crippen MR) is 78.3 cm³/mol. The Labute approximate surface area is 117 Å². The maximum Gasteiger partial charge on any atom is 0.0867 e. The van der Waals surface area contributed by atoms with E-state index in [0.29, 0.717) is 17.6 Å². The number of fused-ring (bicyclic) bond motifs is 1. The van der Waals surface area contributed by atoms with E-state index in [9.17, 15) is 0 Å². The number of rotatable bonds is 2. The number of nitrogens with zero attached hydrogens (tertiary/aromatic N) is 1. The first-order chi connectivity index (χ1) is 9.06. The summed E-state index contributed by atoms with van der Waals surface area (Å²) in [5.74, 6) is 0. The Morgan fingerprint density at radius 1 is 1.37 bits per heavy atom. The van der Waals surface area contributed by atoms with Crippen molar-refractivity contribution in [3.05, 3.63) is 11.1 Å². The summed E-state index contributed by atoms with van der Waals surface area (Å²) in [4.78, 5) is 2.60. The minimum Gasteiger partial charge on any atom is -0.374 e. The second kappa shape index (κ2) is 5.19. The molecule has 108 valence electrons. The summed E-state index contributed by atoms with van der Waals surface area (Å²) in [6, 6.07) is 0.557. The number of hydrogen-bond acceptors (Lipinski definition) is 3. The zero-order chi connectivity index (χ0) is 13.5. The Kier molecular flexibility index (Phi) is 3.71. The van der Waals surface area contributed by atoms with E-state index in [2.05, 4.69) is 31.0 Å². The van der Waals surface area contributed by atoms with E-state index < -0.39 is 0 Å². The highest BCUT2D eigenvalue weighted by atomic mass is 16.5. The largest absolute Gasteiger partial charge is 0.374 e. The Bertz CT molecular complexity index is 361. The first kappa shape index (κ1) is 13.6. The van der Waals surface area contributed by atoms with Crippen LogP contribution < -0.4 is 5.32 Å². The molecule has 0 spiro atoms. The van der Waals surface area contributed by atoms with Gasteiger partial charge in [-0.2, -0.15) is 0 Å². The van der Waals surface area contributed by atoms with Gasteiger partial charge in [0.1, 0.15) is 0 Å². The van der Waals surface area contributed by atoms with Crippen molar-refractivity contribution in [2.45, 2.75) is 52.2 Å². The smallest absolute Gasteiger partial charge is 0.0867 e. The van der Waals surface area contributed by atoms with Gasteiger partial charge in [0, 0.05) is 32.2 Å². The van der Waals surface area contributed by atoms with Crippen molar-refractivity contribution in [2.24, 2.45) is 5.41 Å². The highest BCUT2D eigenvalue weighted by molar-refractivity contribution is 5.24. The molecule has 2 aliphatic heterocycles. The van der Waals surface area contributed by atoms with Crippen molar-refractivity contribution in [3.63, 3.8) is 0 Å². The summed E-state index contributed by atoms with van der Waals surface area (Å²) < 4.78 is 5.88. The fraction of sp³-hybridized carbons (Fsp3) is 0.875. The molecule has 1 aliphatic carbocycles. The number of allylic oxidation sites excluding steroid dienone is 1. The Hall–Kier alpha value is -0.380. The van der Waals surface area contributed by atoms with Crippen LogP contribution in [0.5, 0.6) is 0 Å². The molecule has 0 aromatic rings. The summed E-state index contributed by atoms with van der Waals surface area (Å²) in [7, 11) is 0. The zero-order valence-corrected chi connectivity index (χ0v) is 12.7. The molecular weight excluding hydrogens is 236 g/mol. The highest BCUT2D eigenvalue weighted by Crippen LogP contribution is 2.40. The molecule has 0 amide bonds. The standard InChI is InChI=1S/C16H28N2O/c1-12-5-4-6-16(2,3)13(12)9-18-10-14-15(11-18)19-8-7-17-14/h14-15,17H,4-11H2,1-3H3/t14-,15-/m0/s1. The number of nitrogens with one attached hydrogen (secondary N) is 1. The number of ether oxygens (including phenoxy) is 1. The molecule has 0 radical (unpaired) electrons. The van der Waals surface area contributed by atoms with E-state index >= 15 is 0 Å². The van der Waals surface area contributed by atoms with Crippen LogP contribution in [0.1, 0.15) is 40.0 Å². The minimum absolute atomic E-state index is 0.393. The van der Waals surface area contributed by atoms with Crippen LogP contribution in [-0.2, 0) is 4.74 Å². The van der Waals surface area contributed by atoms with Crippen molar-refractivity contribution in [1.29, 1.82) is 0 Å². The number of likely N-dealkylation sites (tertiary alicyclic amines) is 1. The van der Waals surface area contributed by atoms with Crippen molar-refractivity contribution in [1.82, 2.24) is 10.2 Å². The lowest BCUT2D eigenvalue weighted by Gasteiger charge is -2.36. The molecule has 0 aromatic carbocycles. The minimum atomic E-state index is 0.393. The lowest BCUT2D eigenvalue weighted by Crippen LogP contribution is -2.47. The predicted octanol–water partition coefficient (Wildman–Crippen LogP) is 2.19. The van der Waals surface area contributed by atoms with Gasteiger partial charge in [0.25, 0.3) is 0 Å². The second-order valence-electron chi connectivity index (χ2n) is 7.16. The molecule has 0 unspecified atom stereocenters. The van der Waals surface area contributed by atoms with Crippen molar-refractivity contribution < 1.29 is 4.74 Å². The zero-order valence-electron chi connectivity index (χ0n) is 12.7. The normalized spacial score (nSPS) is 35.5. The van der Waals surface area contributed by atoms with Gasteiger partial charge in [-0.3, -0.25) is 4.90 Å². The fourth-order valence-electron chi connectivity index (χ4n) is 4.05. The Balaban J connectivity index is 1.68. The summed E-state index contributed by atoms with van der Waals surface area (Å²) in [6.45, 7) is 12.5. The molecule has 0 aromatic heterocycles. The molecule has 2 heterocycles. The van der Waals surface area contributed by atoms with Crippen LogP contribution in [0.4, 0.5) is 0 Å². The van der Waals surface area contributed by atoms with Crippen molar-refractivity contribution in [2.75, 3.05) is 32.8 Å². The molecule has 19 heavy (non-hydrogen) atoms. The van der Waals surface area contributed by atoms with Crippen LogP contribution in [0.25, 0.3) is 0 Å². The Morgan fingerprint density at radius 2 is 2.21 bits per heavy atom. The summed E-state index contributed by atoms with van der Waals surface area (Å²) >= 11 is 0. The van der Waals surface area contributed by atoms with Gasteiger partial charge in [-0.15, -0.1) is 0 Å². The fourth-order valence-corrected chi connectivity index (χ4v) is 4.05. The van der Waals surface area contributed by atoms with E-state index in [1.165, 1.54) is 19.3 Å². The van der Waals surface area contributed by atoms with Crippen LogP contribution in [0, 0.1) is 5.41 Å². The molecule has 2 atom stereocenters. The maximum absolute atomic E-state index is 5.88. The third-order valence-corrected chi connectivity index (χ3v) is 5.25. The molecule has 3 heteroatoms. The van der Waals surface area contributed by atoms with Gasteiger partial charge in [-0.25, -0.2) is 0 Å². The molecule has 1 N–H and O–H groups in total. The monoisotopic (exact) mass is 264 g/mol. The molecule has 2 saturated heterocycles. The highest BCUT2D eigenvalue weighted by Gasteiger charge is 2.37. The second-order valence-corrected chi connectivity index (χ2v) is 7.16. The van der Waals surface area contributed by atoms with Crippen LogP contribution in [0.2, 0.25) is 0 Å². The van der Waals surface area contributed by atoms with Crippen molar-refractivity contribution in [3.8, 4) is 0 Å². The third-order valence-electron chi connectivity index (χ3n) is 5.25. The van der Waals surface area contributed by atoms with E-state index in [-0.39, 0.29) is 0 Å². The van der Waals surface area contributed by atoms with Gasteiger partial charge < -0.3 is 10.1 Å². The molecule has 3 rings (SSSR count). The molecular formula is C16H28N2O. The topological polar surface area (TPSA) is 24.5 Å². The van der Waals surface area contributed by atoms with Gasteiger partial charge in [0.05, 0.1) is 12.7 Å². The summed E-state index contributed by atoms with van der Waals surface area (Å²) in [5, 5.41) is 3.60. The van der Waals surface area contributed by atoms with Crippen LogP contribution in [-0.4, -0.2) is 49.8 Å². The molecule has 0 bridgehead atoms. The van der Waals surface area contributed by atoms with Gasteiger partial charge >= 0.3 is 0 Å². The van der Waals surface area contributed by atoms with Crippen LogP contribution >= 0.6 is 0 Å². The first-order valence-corrected chi connectivity index (χ1v) is 7.83. The van der Waals surface area contributed by atoms with Crippen molar-refractivity contribution >= 4 is 0 Å². The number of morpholine rings is 1.